The smallest absolute Gasteiger partial charge is 0.270 e. The first-order chi connectivity index (χ1) is 13.5. The molecule has 3 heterocycles. The summed E-state index contributed by atoms with van der Waals surface area (Å²) in [6, 6.07) is 11.2. The van der Waals surface area contributed by atoms with Crippen molar-refractivity contribution in [3.8, 4) is 0 Å². The molecule has 0 unspecified atom stereocenters. The second-order valence-electron chi connectivity index (χ2n) is 7.64. The van der Waals surface area contributed by atoms with Crippen LogP contribution in [0.4, 0.5) is 10.1 Å². The number of amides is 1. The highest BCUT2D eigenvalue weighted by molar-refractivity contribution is 5.94. The SMILES string of the molecule is Cc1nc2ccc(F)cn2c1C(=O)NCc1ccc(N2CCC(C)CC2)cc1. The van der Waals surface area contributed by atoms with Gasteiger partial charge in [0.1, 0.15) is 17.2 Å². The van der Waals surface area contributed by atoms with Crippen LogP contribution in [0, 0.1) is 18.7 Å². The normalized spacial score (nSPS) is 15.2. The zero-order valence-electron chi connectivity index (χ0n) is 16.3. The number of fused-ring (bicyclic) bond motifs is 1. The van der Waals surface area contributed by atoms with Gasteiger partial charge in [0, 0.05) is 31.5 Å². The number of aryl methyl sites for hydroxylation is 1. The second-order valence-corrected chi connectivity index (χ2v) is 7.64. The number of benzene rings is 1. The third kappa shape index (κ3) is 3.72. The molecule has 1 aliphatic heterocycles. The molecule has 2 aromatic heterocycles. The van der Waals surface area contributed by atoms with Gasteiger partial charge in [-0.05, 0) is 55.5 Å². The molecule has 28 heavy (non-hydrogen) atoms. The molecule has 1 saturated heterocycles. The molecule has 1 N–H and O–H groups in total. The Hall–Kier alpha value is -2.89. The lowest BCUT2D eigenvalue weighted by molar-refractivity contribution is 0.0944. The highest BCUT2D eigenvalue weighted by atomic mass is 19.1. The van der Waals surface area contributed by atoms with Crippen LogP contribution in [0.3, 0.4) is 0 Å². The minimum absolute atomic E-state index is 0.260. The summed E-state index contributed by atoms with van der Waals surface area (Å²) in [5, 5.41) is 2.92. The number of pyridine rings is 1. The number of hydrogen-bond donors (Lipinski definition) is 1. The Balaban J connectivity index is 1.43. The molecule has 1 aromatic carbocycles. The minimum atomic E-state index is -0.401. The highest BCUT2D eigenvalue weighted by Gasteiger charge is 2.18. The van der Waals surface area contributed by atoms with E-state index >= 15 is 0 Å². The van der Waals surface area contributed by atoms with Crippen LogP contribution in [-0.4, -0.2) is 28.4 Å². The van der Waals surface area contributed by atoms with Crippen molar-refractivity contribution >= 4 is 17.2 Å². The quantitative estimate of drug-likeness (QED) is 0.746. The Labute approximate surface area is 164 Å². The van der Waals surface area contributed by atoms with Gasteiger partial charge in [0.15, 0.2) is 0 Å². The van der Waals surface area contributed by atoms with Crippen LogP contribution in [0.15, 0.2) is 42.6 Å². The standard InChI is InChI=1S/C22H25FN4O/c1-15-9-11-26(12-10-15)19-6-3-17(4-7-19)13-24-22(28)21-16(2)25-20-8-5-18(23)14-27(20)21/h3-8,14-15H,9-13H2,1-2H3,(H,24,28). The molecule has 3 aromatic rings. The average Bonchev–Trinajstić information content (AvgIpc) is 3.02. The lowest BCUT2D eigenvalue weighted by atomic mass is 9.99. The number of piperidine rings is 1. The summed E-state index contributed by atoms with van der Waals surface area (Å²) < 4.78 is 15.1. The topological polar surface area (TPSA) is 49.6 Å². The number of hydrogen-bond acceptors (Lipinski definition) is 3. The molecule has 6 heteroatoms. The first-order valence-electron chi connectivity index (χ1n) is 9.77. The predicted octanol–water partition coefficient (Wildman–Crippen LogP) is 3.95. The van der Waals surface area contributed by atoms with Gasteiger partial charge in [0.2, 0.25) is 0 Å². The minimum Gasteiger partial charge on any atom is -0.372 e. The molecule has 0 bridgehead atoms. The number of halogens is 1. The van der Waals surface area contributed by atoms with Crippen molar-refractivity contribution in [1.29, 1.82) is 0 Å². The molecule has 1 aliphatic rings. The number of nitrogens with one attached hydrogen (secondary N) is 1. The number of imidazole rings is 1. The van der Waals surface area contributed by atoms with E-state index in [0.29, 0.717) is 23.6 Å². The van der Waals surface area contributed by atoms with E-state index < -0.39 is 5.82 Å². The molecular formula is C22H25FN4O. The van der Waals surface area contributed by atoms with Gasteiger partial charge in [-0.15, -0.1) is 0 Å². The summed E-state index contributed by atoms with van der Waals surface area (Å²) in [6.45, 7) is 6.68. The van der Waals surface area contributed by atoms with E-state index in [1.807, 2.05) is 0 Å². The van der Waals surface area contributed by atoms with E-state index in [1.54, 1.807) is 13.0 Å². The molecule has 0 spiro atoms. The zero-order chi connectivity index (χ0) is 19.7. The Kier molecular flexibility index (Phi) is 5.03. The maximum absolute atomic E-state index is 13.6. The number of nitrogens with zero attached hydrogens (tertiary/aromatic N) is 3. The van der Waals surface area contributed by atoms with Crippen molar-refractivity contribution < 1.29 is 9.18 Å². The molecule has 1 fully saturated rings. The average molecular weight is 380 g/mol. The van der Waals surface area contributed by atoms with E-state index in [9.17, 15) is 9.18 Å². The van der Waals surface area contributed by atoms with Gasteiger partial charge in [-0.3, -0.25) is 9.20 Å². The Bertz CT molecular complexity index is 988. The fourth-order valence-electron chi connectivity index (χ4n) is 3.77. The van der Waals surface area contributed by atoms with Gasteiger partial charge < -0.3 is 10.2 Å². The highest BCUT2D eigenvalue weighted by Crippen LogP contribution is 2.23. The molecular weight excluding hydrogens is 355 g/mol. The molecule has 146 valence electrons. The van der Waals surface area contributed by atoms with E-state index in [0.717, 1.165) is 24.6 Å². The van der Waals surface area contributed by atoms with Gasteiger partial charge in [-0.2, -0.15) is 0 Å². The first-order valence-corrected chi connectivity index (χ1v) is 9.77. The van der Waals surface area contributed by atoms with Crippen LogP contribution in [0.2, 0.25) is 0 Å². The maximum atomic E-state index is 13.6. The number of anilines is 1. The van der Waals surface area contributed by atoms with Crippen LogP contribution in [0.1, 0.15) is 41.5 Å². The van der Waals surface area contributed by atoms with E-state index in [2.05, 4.69) is 46.4 Å². The number of carbonyl (C=O) groups excluding carboxylic acids is 1. The van der Waals surface area contributed by atoms with Gasteiger partial charge in [0.05, 0.1) is 5.69 Å². The molecule has 0 atom stereocenters. The van der Waals surface area contributed by atoms with Gasteiger partial charge >= 0.3 is 0 Å². The fraction of sp³-hybridized carbons (Fsp3) is 0.364. The van der Waals surface area contributed by atoms with Crippen LogP contribution < -0.4 is 10.2 Å². The van der Waals surface area contributed by atoms with Crippen molar-refractivity contribution in [3.05, 3.63) is 65.4 Å². The van der Waals surface area contributed by atoms with Crippen molar-refractivity contribution in [1.82, 2.24) is 14.7 Å². The zero-order valence-corrected chi connectivity index (χ0v) is 16.3. The largest absolute Gasteiger partial charge is 0.372 e. The summed E-state index contributed by atoms with van der Waals surface area (Å²) in [5.41, 5.74) is 3.77. The fourth-order valence-corrected chi connectivity index (χ4v) is 3.77. The Morgan fingerprint density at radius 2 is 1.89 bits per heavy atom. The third-order valence-electron chi connectivity index (χ3n) is 5.51. The monoisotopic (exact) mass is 380 g/mol. The van der Waals surface area contributed by atoms with E-state index in [4.69, 9.17) is 0 Å². The van der Waals surface area contributed by atoms with Crippen molar-refractivity contribution in [2.45, 2.75) is 33.2 Å². The summed E-state index contributed by atoms with van der Waals surface area (Å²) >= 11 is 0. The number of aromatic nitrogens is 2. The van der Waals surface area contributed by atoms with Gasteiger partial charge in [-0.1, -0.05) is 19.1 Å². The van der Waals surface area contributed by atoms with Crippen LogP contribution >= 0.6 is 0 Å². The molecule has 1 amide bonds. The molecule has 4 rings (SSSR count). The summed E-state index contributed by atoms with van der Waals surface area (Å²) in [5.74, 6) is 0.147. The molecule has 0 saturated carbocycles. The number of rotatable bonds is 4. The first kappa shape index (κ1) is 18.5. The maximum Gasteiger partial charge on any atom is 0.270 e. The van der Waals surface area contributed by atoms with Gasteiger partial charge in [0.25, 0.3) is 5.91 Å². The third-order valence-corrected chi connectivity index (χ3v) is 5.51. The summed E-state index contributed by atoms with van der Waals surface area (Å²) in [4.78, 5) is 19.4. The number of carbonyl (C=O) groups is 1. The Morgan fingerprint density at radius 1 is 1.18 bits per heavy atom. The van der Waals surface area contributed by atoms with Crippen molar-refractivity contribution in [2.75, 3.05) is 18.0 Å². The van der Waals surface area contributed by atoms with Crippen LogP contribution in [0.5, 0.6) is 0 Å². The summed E-state index contributed by atoms with van der Waals surface area (Å²) in [6.07, 6.45) is 3.76. The van der Waals surface area contributed by atoms with Crippen molar-refractivity contribution in [3.63, 3.8) is 0 Å². The lowest BCUT2D eigenvalue weighted by Gasteiger charge is -2.32. The summed E-state index contributed by atoms with van der Waals surface area (Å²) in [7, 11) is 0. The van der Waals surface area contributed by atoms with Crippen molar-refractivity contribution in [2.24, 2.45) is 5.92 Å². The van der Waals surface area contributed by atoms with E-state index in [-0.39, 0.29) is 5.91 Å². The molecule has 0 radical (unpaired) electrons. The molecule has 5 nitrogen and oxygen atoms in total. The Morgan fingerprint density at radius 3 is 2.61 bits per heavy atom. The van der Waals surface area contributed by atoms with Crippen LogP contribution in [-0.2, 0) is 6.54 Å². The molecule has 0 aliphatic carbocycles. The second kappa shape index (κ2) is 7.62. The van der Waals surface area contributed by atoms with Crippen LogP contribution in [0.25, 0.3) is 5.65 Å². The van der Waals surface area contributed by atoms with Gasteiger partial charge in [-0.25, -0.2) is 9.37 Å². The van der Waals surface area contributed by atoms with E-state index in [1.165, 1.54) is 35.2 Å². The predicted molar refractivity (Wildman–Crippen MR) is 108 cm³/mol. The lowest BCUT2D eigenvalue weighted by Crippen LogP contribution is -2.32.